The quantitative estimate of drug-likeness (QED) is 0.711. The van der Waals surface area contributed by atoms with Gasteiger partial charge in [-0.25, -0.2) is 0 Å². The summed E-state index contributed by atoms with van der Waals surface area (Å²) in [5.41, 5.74) is 4.39. The van der Waals surface area contributed by atoms with Crippen molar-refractivity contribution in [2.45, 2.75) is 25.7 Å². The molecule has 0 unspecified atom stereocenters. The van der Waals surface area contributed by atoms with Crippen LogP contribution in [0.5, 0.6) is 0 Å². The second-order valence-electron chi connectivity index (χ2n) is 5.17. The molecule has 0 heterocycles. The van der Waals surface area contributed by atoms with Gasteiger partial charge in [-0.05, 0) is 54.2 Å². The van der Waals surface area contributed by atoms with Gasteiger partial charge in [-0.2, -0.15) is 0 Å². The Kier molecular flexibility index (Phi) is 3.95. The van der Waals surface area contributed by atoms with E-state index in [1.807, 2.05) is 24.3 Å². The number of carbonyl (C=O) groups excluding carboxylic acids is 1. The summed E-state index contributed by atoms with van der Waals surface area (Å²) in [5.74, 6) is 0.129. The van der Waals surface area contributed by atoms with Crippen molar-refractivity contribution in [1.82, 2.24) is 0 Å². The molecule has 1 aliphatic carbocycles. The first-order chi connectivity index (χ1) is 9.63. The lowest BCUT2D eigenvalue weighted by atomic mass is 9.99. The third-order valence-electron chi connectivity index (χ3n) is 3.79. The number of hydrogen-bond donors (Lipinski definition) is 0. The normalized spacial score (nSPS) is 13.3. The van der Waals surface area contributed by atoms with Crippen LogP contribution in [0.4, 0.5) is 0 Å². The second-order valence-corrected chi connectivity index (χ2v) is 6.50. The van der Waals surface area contributed by atoms with Crippen LogP contribution in [0.25, 0.3) is 0 Å². The third kappa shape index (κ3) is 2.82. The van der Waals surface area contributed by atoms with E-state index in [-0.39, 0.29) is 5.78 Å². The number of ketones is 1. The molecule has 0 aliphatic heterocycles. The van der Waals surface area contributed by atoms with Gasteiger partial charge in [0.1, 0.15) is 0 Å². The van der Waals surface area contributed by atoms with Crippen molar-refractivity contribution in [3.8, 4) is 0 Å². The highest BCUT2D eigenvalue weighted by atomic mass is 79.9. The van der Waals surface area contributed by atoms with Gasteiger partial charge in [0.15, 0.2) is 5.78 Å². The lowest BCUT2D eigenvalue weighted by Crippen LogP contribution is -2.05. The number of halogens is 2. The maximum Gasteiger partial charge on any atom is 0.167 e. The van der Waals surface area contributed by atoms with Gasteiger partial charge < -0.3 is 0 Å². The highest BCUT2D eigenvalue weighted by Crippen LogP contribution is 2.25. The monoisotopic (exact) mass is 348 g/mol. The average Bonchev–Trinajstić information content (AvgIpc) is 2.89. The van der Waals surface area contributed by atoms with Gasteiger partial charge in [0.2, 0.25) is 0 Å². The predicted molar refractivity (Wildman–Crippen MR) is 85.7 cm³/mol. The predicted octanol–water partition coefficient (Wildman–Crippen LogP) is 5.02. The third-order valence-corrected chi connectivity index (χ3v) is 4.63. The summed E-state index contributed by atoms with van der Waals surface area (Å²) in [5, 5.41) is 0.633. The zero-order valence-electron chi connectivity index (χ0n) is 11.0. The Labute approximate surface area is 132 Å². The average molecular weight is 350 g/mol. The van der Waals surface area contributed by atoms with E-state index >= 15 is 0 Å². The van der Waals surface area contributed by atoms with Crippen LogP contribution in [-0.2, 0) is 19.3 Å². The van der Waals surface area contributed by atoms with Gasteiger partial charge in [0, 0.05) is 21.5 Å². The van der Waals surface area contributed by atoms with Crippen LogP contribution >= 0.6 is 27.5 Å². The molecule has 3 rings (SSSR count). The Balaban J connectivity index is 1.82. The molecule has 0 spiro atoms. The molecule has 1 nitrogen and oxygen atoms in total. The fourth-order valence-electron chi connectivity index (χ4n) is 2.69. The summed E-state index contributed by atoms with van der Waals surface area (Å²) in [6.07, 6.45) is 3.79. The SMILES string of the molecule is O=C(Cc1ccc(Br)cc1Cl)c1ccc2c(c1)CCC2. The van der Waals surface area contributed by atoms with Gasteiger partial charge in [-0.15, -0.1) is 0 Å². The molecule has 0 radical (unpaired) electrons. The highest BCUT2D eigenvalue weighted by molar-refractivity contribution is 9.10. The first-order valence-electron chi connectivity index (χ1n) is 6.72. The number of fused-ring (bicyclic) bond motifs is 1. The molecule has 2 aromatic rings. The molecule has 0 N–H and O–H groups in total. The van der Waals surface area contributed by atoms with Crippen molar-refractivity contribution in [3.05, 3.63) is 68.1 Å². The van der Waals surface area contributed by atoms with Gasteiger partial charge >= 0.3 is 0 Å². The van der Waals surface area contributed by atoms with E-state index in [2.05, 4.69) is 28.1 Å². The van der Waals surface area contributed by atoms with E-state index in [1.54, 1.807) is 0 Å². The maximum atomic E-state index is 12.4. The lowest BCUT2D eigenvalue weighted by molar-refractivity contribution is 0.0993. The van der Waals surface area contributed by atoms with Crippen molar-refractivity contribution >= 4 is 33.3 Å². The molecule has 2 aromatic carbocycles. The van der Waals surface area contributed by atoms with E-state index in [1.165, 1.54) is 17.5 Å². The number of rotatable bonds is 3. The minimum atomic E-state index is 0.129. The Bertz CT molecular complexity index is 679. The zero-order valence-corrected chi connectivity index (χ0v) is 13.3. The van der Waals surface area contributed by atoms with E-state index in [0.717, 1.165) is 28.4 Å². The molecule has 0 fully saturated rings. The topological polar surface area (TPSA) is 17.1 Å². The molecule has 102 valence electrons. The van der Waals surface area contributed by atoms with E-state index in [9.17, 15) is 4.79 Å². The van der Waals surface area contributed by atoms with E-state index in [4.69, 9.17) is 11.6 Å². The van der Waals surface area contributed by atoms with Crippen LogP contribution in [0.1, 0.15) is 33.5 Å². The molecular formula is C17H14BrClO. The number of carbonyl (C=O) groups is 1. The van der Waals surface area contributed by atoms with Crippen molar-refractivity contribution in [3.63, 3.8) is 0 Å². The first-order valence-corrected chi connectivity index (χ1v) is 7.89. The number of benzene rings is 2. The molecule has 0 saturated carbocycles. The van der Waals surface area contributed by atoms with Gasteiger partial charge in [-0.1, -0.05) is 45.7 Å². The minimum absolute atomic E-state index is 0.129. The summed E-state index contributed by atoms with van der Waals surface area (Å²) in [4.78, 5) is 12.4. The van der Waals surface area contributed by atoms with Crippen molar-refractivity contribution in [2.75, 3.05) is 0 Å². The summed E-state index contributed by atoms with van der Waals surface area (Å²) in [6, 6.07) is 11.7. The molecule has 1 aliphatic rings. The zero-order chi connectivity index (χ0) is 14.1. The van der Waals surface area contributed by atoms with E-state index in [0.29, 0.717) is 11.4 Å². The van der Waals surface area contributed by atoms with Crippen molar-refractivity contribution in [2.24, 2.45) is 0 Å². The van der Waals surface area contributed by atoms with Crippen LogP contribution in [0.3, 0.4) is 0 Å². The standard InChI is InChI=1S/C17H14BrClO/c18-15-7-6-13(16(19)10-15)9-17(20)14-5-4-11-2-1-3-12(11)8-14/h4-8,10H,1-3,9H2. The van der Waals surface area contributed by atoms with Gasteiger partial charge in [0.05, 0.1) is 0 Å². The number of hydrogen-bond acceptors (Lipinski definition) is 1. The maximum absolute atomic E-state index is 12.4. The Morgan fingerprint density at radius 3 is 2.70 bits per heavy atom. The van der Waals surface area contributed by atoms with Gasteiger partial charge in [-0.3, -0.25) is 4.79 Å². The van der Waals surface area contributed by atoms with Crippen LogP contribution in [0, 0.1) is 0 Å². The Hall–Kier alpha value is -1.12. The summed E-state index contributed by atoms with van der Waals surface area (Å²) in [6.45, 7) is 0. The first kappa shape index (κ1) is 13.8. The van der Waals surface area contributed by atoms with Crippen LogP contribution < -0.4 is 0 Å². The van der Waals surface area contributed by atoms with Crippen molar-refractivity contribution < 1.29 is 4.79 Å². The summed E-state index contributed by atoms with van der Waals surface area (Å²) in [7, 11) is 0. The molecule has 0 atom stereocenters. The van der Waals surface area contributed by atoms with Crippen LogP contribution in [0.2, 0.25) is 5.02 Å². The highest BCUT2D eigenvalue weighted by Gasteiger charge is 2.15. The summed E-state index contributed by atoms with van der Waals surface area (Å²) < 4.78 is 0.927. The lowest BCUT2D eigenvalue weighted by Gasteiger charge is -2.06. The molecule has 0 amide bonds. The van der Waals surface area contributed by atoms with Crippen molar-refractivity contribution in [1.29, 1.82) is 0 Å². The molecule has 3 heteroatoms. The molecule has 20 heavy (non-hydrogen) atoms. The fraction of sp³-hybridized carbons (Fsp3) is 0.235. The number of Topliss-reactive ketones (excluding diaryl/α,β-unsaturated/α-hetero) is 1. The second kappa shape index (κ2) is 5.71. The minimum Gasteiger partial charge on any atom is -0.294 e. The Morgan fingerprint density at radius 2 is 1.90 bits per heavy atom. The van der Waals surface area contributed by atoms with Crippen LogP contribution in [-0.4, -0.2) is 5.78 Å². The smallest absolute Gasteiger partial charge is 0.167 e. The molecule has 0 saturated heterocycles. The molecule has 0 bridgehead atoms. The van der Waals surface area contributed by atoms with Gasteiger partial charge in [0.25, 0.3) is 0 Å². The number of aryl methyl sites for hydroxylation is 2. The Morgan fingerprint density at radius 1 is 1.10 bits per heavy atom. The largest absolute Gasteiger partial charge is 0.294 e. The fourth-order valence-corrected chi connectivity index (χ4v) is 3.43. The summed E-state index contributed by atoms with van der Waals surface area (Å²) >= 11 is 9.54. The molecular weight excluding hydrogens is 336 g/mol. The molecule has 0 aromatic heterocycles. The van der Waals surface area contributed by atoms with Crippen LogP contribution in [0.15, 0.2) is 40.9 Å². The van der Waals surface area contributed by atoms with E-state index < -0.39 is 0 Å².